The molecule has 0 aliphatic heterocycles. The van der Waals surface area contributed by atoms with E-state index in [0.717, 1.165) is 20.6 Å². The lowest BCUT2D eigenvalue weighted by Gasteiger charge is -2.09. The van der Waals surface area contributed by atoms with Gasteiger partial charge in [-0.25, -0.2) is 0 Å². The fourth-order valence-electron chi connectivity index (χ4n) is 1.60. The summed E-state index contributed by atoms with van der Waals surface area (Å²) in [7, 11) is 0. The maximum atomic E-state index is 5.51. The highest BCUT2D eigenvalue weighted by Gasteiger charge is 2.06. The number of hydrogen-bond donors (Lipinski definition) is 1. The van der Waals surface area contributed by atoms with E-state index in [0.29, 0.717) is 6.54 Å². The minimum Gasteiger partial charge on any atom is -0.451 e. The average Bonchev–Trinajstić information content (AvgIpc) is 2.61. The van der Waals surface area contributed by atoms with Gasteiger partial charge in [-0.3, -0.25) is 0 Å². The maximum Gasteiger partial charge on any atom is 0.183 e. The second kappa shape index (κ2) is 5.27. The second-order valence-corrected chi connectivity index (χ2v) is 5.51. The van der Waals surface area contributed by atoms with Crippen LogP contribution in [0.2, 0.25) is 0 Å². The van der Waals surface area contributed by atoms with Gasteiger partial charge in [0.15, 0.2) is 4.67 Å². The summed E-state index contributed by atoms with van der Waals surface area (Å²) in [6, 6.07) is 8.21. The first kappa shape index (κ1) is 12.7. The van der Waals surface area contributed by atoms with Crippen LogP contribution in [-0.4, -0.2) is 0 Å². The molecule has 0 bridgehead atoms. The van der Waals surface area contributed by atoms with Crippen LogP contribution in [0.15, 0.2) is 37.8 Å². The highest BCUT2D eigenvalue weighted by molar-refractivity contribution is 9.13. The van der Waals surface area contributed by atoms with E-state index in [2.05, 4.69) is 69.2 Å². The lowest BCUT2D eigenvalue weighted by atomic mass is 10.1. The number of benzene rings is 1. The van der Waals surface area contributed by atoms with Gasteiger partial charge in [-0.15, -0.1) is 0 Å². The molecule has 2 nitrogen and oxygen atoms in total. The number of nitrogens with one attached hydrogen (secondary N) is 1. The van der Waals surface area contributed by atoms with E-state index >= 15 is 0 Å². The molecule has 0 aliphatic rings. The topological polar surface area (TPSA) is 25.2 Å². The predicted octanol–water partition coefficient (Wildman–Crippen LogP) is 5.03. The molecule has 2 rings (SSSR count). The van der Waals surface area contributed by atoms with Crippen LogP contribution in [0.25, 0.3) is 0 Å². The summed E-state index contributed by atoms with van der Waals surface area (Å²) in [5.41, 5.74) is 3.71. The van der Waals surface area contributed by atoms with Crippen molar-refractivity contribution in [1.82, 2.24) is 0 Å². The molecule has 1 aromatic heterocycles. The van der Waals surface area contributed by atoms with Crippen molar-refractivity contribution >= 4 is 37.5 Å². The van der Waals surface area contributed by atoms with Crippen LogP contribution in [0, 0.1) is 13.8 Å². The summed E-state index contributed by atoms with van der Waals surface area (Å²) < 4.78 is 7.19. The zero-order chi connectivity index (χ0) is 12.4. The molecule has 0 saturated heterocycles. The zero-order valence-electron chi connectivity index (χ0n) is 9.68. The van der Waals surface area contributed by atoms with Crippen molar-refractivity contribution in [3.05, 3.63) is 50.3 Å². The van der Waals surface area contributed by atoms with Crippen molar-refractivity contribution < 1.29 is 4.42 Å². The third-order valence-corrected chi connectivity index (χ3v) is 4.46. The number of rotatable bonds is 3. The van der Waals surface area contributed by atoms with E-state index in [1.807, 2.05) is 6.07 Å². The third-order valence-electron chi connectivity index (χ3n) is 2.75. The van der Waals surface area contributed by atoms with Crippen molar-refractivity contribution in [3.63, 3.8) is 0 Å². The average molecular weight is 359 g/mol. The Morgan fingerprint density at radius 3 is 2.65 bits per heavy atom. The predicted molar refractivity (Wildman–Crippen MR) is 77.4 cm³/mol. The van der Waals surface area contributed by atoms with Gasteiger partial charge in [-0.1, -0.05) is 12.1 Å². The Kier molecular flexibility index (Phi) is 3.94. The van der Waals surface area contributed by atoms with Crippen molar-refractivity contribution in [1.29, 1.82) is 0 Å². The number of furan rings is 1. The van der Waals surface area contributed by atoms with Crippen molar-refractivity contribution in [2.24, 2.45) is 0 Å². The van der Waals surface area contributed by atoms with Crippen LogP contribution < -0.4 is 5.32 Å². The molecule has 0 fully saturated rings. The van der Waals surface area contributed by atoms with E-state index in [9.17, 15) is 0 Å². The smallest absolute Gasteiger partial charge is 0.183 e. The standard InChI is InChI=1S/C13H13Br2NO/c1-8-4-3-5-12(9(8)2)16-7-10-6-11(14)13(15)17-10/h3-6,16H,7H2,1-2H3. The molecule has 2 aromatic rings. The summed E-state index contributed by atoms with van der Waals surface area (Å²) in [5, 5.41) is 3.38. The lowest BCUT2D eigenvalue weighted by molar-refractivity contribution is 0.494. The normalized spacial score (nSPS) is 10.6. The molecule has 4 heteroatoms. The zero-order valence-corrected chi connectivity index (χ0v) is 12.9. The van der Waals surface area contributed by atoms with Gasteiger partial charge < -0.3 is 9.73 Å². The highest BCUT2D eigenvalue weighted by Crippen LogP contribution is 2.27. The molecule has 17 heavy (non-hydrogen) atoms. The van der Waals surface area contributed by atoms with Gasteiger partial charge in [0, 0.05) is 5.69 Å². The molecule has 0 radical (unpaired) electrons. The number of anilines is 1. The second-order valence-electron chi connectivity index (χ2n) is 3.94. The first-order chi connectivity index (χ1) is 8.08. The molecule has 1 N–H and O–H groups in total. The van der Waals surface area contributed by atoms with Gasteiger partial charge in [0.05, 0.1) is 11.0 Å². The third kappa shape index (κ3) is 2.93. The van der Waals surface area contributed by atoms with Gasteiger partial charge in [0.25, 0.3) is 0 Å². The Morgan fingerprint density at radius 1 is 1.24 bits per heavy atom. The number of halogens is 2. The molecule has 1 aromatic carbocycles. The van der Waals surface area contributed by atoms with E-state index in [-0.39, 0.29) is 0 Å². The van der Waals surface area contributed by atoms with Crippen LogP contribution >= 0.6 is 31.9 Å². The Hall–Kier alpha value is -0.740. The summed E-state index contributed by atoms with van der Waals surface area (Å²) >= 11 is 6.73. The van der Waals surface area contributed by atoms with E-state index < -0.39 is 0 Å². The largest absolute Gasteiger partial charge is 0.451 e. The molecule has 0 spiro atoms. The van der Waals surface area contributed by atoms with Crippen LogP contribution in [0.5, 0.6) is 0 Å². The molecule has 0 amide bonds. The van der Waals surface area contributed by atoms with Crippen molar-refractivity contribution in [3.8, 4) is 0 Å². The maximum absolute atomic E-state index is 5.51. The number of aryl methyl sites for hydroxylation is 1. The van der Waals surface area contributed by atoms with Crippen LogP contribution in [0.4, 0.5) is 5.69 Å². The lowest BCUT2D eigenvalue weighted by Crippen LogP contribution is -2.00. The summed E-state index contributed by atoms with van der Waals surface area (Å²) in [6.45, 7) is 4.90. The van der Waals surface area contributed by atoms with E-state index in [1.54, 1.807) is 0 Å². The molecule has 0 aliphatic carbocycles. The molecule has 0 saturated carbocycles. The fourth-order valence-corrected chi connectivity index (χ4v) is 2.26. The van der Waals surface area contributed by atoms with Gasteiger partial charge in [-0.05, 0) is 69.0 Å². The minimum atomic E-state index is 0.675. The van der Waals surface area contributed by atoms with Crippen molar-refractivity contribution in [2.45, 2.75) is 20.4 Å². The Balaban J connectivity index is 2.10. The number of hydrogen-bond acceptors (Lipinski definition) is 2. The molecule has 0 atom stereocenters. The molecular weight excluding hydrogens is 346 g/mol. The summed E-state index contributed by atoms with van der Waals surface area (Å²) in [6.07, 6.45) is 0. The molecular formula is C13H13Br2NO. The Bertz CT molecular complexity index is 515. The molecule has 0 unspecified atom stereocenters. The first-order valence-electron chi connectivity index (χ1n) is 5.31. The van der Waals surface area contributed by atoms with Gasteiger partial charge in [0.2, 0.25) is 0 Å². The van der Waals surface area contributed by atoms with Crippen LogP contribution in [0.3, 0.4) is 0 Å². The first-order valence-corrected chi connectivity index (χ1v) is 6.90. The highest BCUT2D eigenvalue weighted by atomic mass is 79.9. The molecule has 1 heterocycles. The fraction of sp³-hybridized carbons (Fsp3) is 0.231. The van der Waals surface area contributed by atoms with Gasteiger partial charge in [-0.2, -0.15) is 0 Å². The van der Waals surface area contributed by atoms with E-state index in [4.69, 9.17) is 4.42 Å². The van der Waals surface area contributed by atoms with Gasteiger partial charge in [0.1, 0.15) is 5.76 Å². The monoisotopic (exact) mass is 357 g/mol. The van der Waals surface area contributed by atoms with E-state index in [1.165, 1.54) is 11.1 Å². The Morgan fingerprint density at radius 2 is 2.00 bits per heavy atom. The summed E-state index contributed by atoms with van der Waals surface area (Å²) in [5.74, 6) is 0.893. The van der Waals surface area contributed by atoms with Gasteiger partial charge >= 0.3 is 0 Å². The SMILES string of the molecule is Cc1cccc(NCc2cc(Br)c(Br)o2)c1C. The van der Waals surface area contributed by atoms with Crippen LogP contribution in [0.1, 0.15) is 16.9 Å². The van der Waals surface area contributed by atoms with Crippen LogP contribution in [-0.2, 0) is 6.54 Å². The quantitative estimate of drug-likeness (QED) is 0.831. The minimum absolute atomic E-state index is 0.675. The Labute approximate surface area is 118 Å². The molecule has 90 valence electrons. The summed E-state index contributed by atoms with van der Waals surface area (Å²) in [4.78, 5) is 0. The van der Waals surface area contributed by atoms with Crippen molar-refractivity contribution in [2.75, 3.05) is 5.32 Å².